The van der Waals surface area contributed by atoms with Gasteiger partial charge >= 0.3 is 12.0 Å². The Kier molecular flexibility index (Phi) is 4.07. The molecule has 0 atom stereocenters. The van der Waals surface area contributed by atoms with Crippen LogP contribution in [0, 0.1) is 6.92 Å². The largest absolute Gasteiger partial charge is 0.467 e. The second-order valence-electron chi connectivity index (χ2n) is 3.70. The molecule has 0 bridgehead atoms. The van der Waals surface area contributed by atoms with Crippen LogP contribution in [0.5, 0.6) is 17.8 Å². The Balaban J connectivity index is 2.23. The number of hydrogen-bond acceptors (Lipinski definition) is 7. The maximum atomic E-state index is 5.52. The van der Waals surface area contributed by atoms with E-state index in [1.54, 1.807) is 12.3 Å². The summed E-state index contributed by atoms with van der Waals surface area (Å²) in [6.45, 7) is 4.54. The zero-order valence-corrected chi connectivity index (χ0v) is 11.0. The predicted molar refractivity (Wildman–Crippen MR) is 69.6 cm³/mol. The van der Waals surface area contributed by atoms with Gasteiger partial charge in [-0.3, -0.25) is 4.98 Å². The normalized spacial score (nSPS) is 10.1. The van der Waals surface area contributed by atoms with E-state index < -0.39 is 0 Å². The summed E-state index contributed by atoms with van der Waals surface area (Å²) in [6, 6.07) is 4.00. The lowest BCUT2D eigenvalue weighted by Gasteiger charge is -2.07. The number of rotatable bonds is 5. The van der Waals surface area contributed by atoms with Gasteiger partial charge in [-0.05, 0) is 26.0 Å². The molecule has 2 aromatic heterocycles. The molecule has 0 amide bonds. The number of methoxy groups -OCH3 is 1. The highest BCUT2D eigenvalue weighted by Gasteiger charge is 2.08. The first-order valence-electron chi connectivity index (χ1n) is 5.85. The summed E-state index contributed by atoms with van der Waals surface area (Å²) in [5.41, 5.74) is 0.911. The van der Waals surface area contributed by atoms with Crippen LogP contribution in [-0.2, 0) is 0 Å². The first-order valence-corrected chi connectivity index (χ1v) is 5.85. The van der Waals surface area contributed by atoms with Gasteiger partial charge in [-0.1, -0.05) is 0 Å². The van der Waals surface area contributed by atoms with Gasteiger partial charge in [0.05, 0.1) is 13.3 Å². The van der Waals surface area contributed by atoms with E-state index in [4.69, 9.17) is 9.47 Å². The van der Waals surface area contributed by atoms with Crippen LogP contribution in [0.4, 0.5) is 5.95 Å². The highest BCUT2D eigenvalue weighted by Crippen LogP contribution is 2.19. The standard InChI is InChI=1S/C12H15N5O2/c1-4-13-10-15-11(18-3)17-12(16-10)19-9-6-5-8(2)14-7-9/h5-7H,4H2,1-3H3,(H,13,15,16,17). The molecule has 2 aromatic rings. The number of aryl methyl sites for hydroxylation is 1. The van der Waals surface area contributed by atoms with E-state index in [9.17, 15) is 0 Å². The van der Waals surface area contributed by atoms with E-state index in [2.05, 4.69) is 25.3 Å². The van der Waals surface area contributed by atoms with Crippen LogP contribution in [0.2, 0.25) is 0 Å². The highest BCUT2D eigenvalue weighted by atomic mass is 16.5. The molecule has 0 unspecified atom stereocenters. The second kappa shape index (κ2) is 5.94. The van der Waals surface area contributed by atoms with Crippen molar-refractivity contribution in [2.24, 2.45) is 0 Å². The van der Waals surface area contributed by atoms with Crippen LogP contribution >= 0.6 is 0 Å². The Morgan fingerprint density at radius 2 is 1.95 bits per heavy atom. The van der Waals surface area contributed by atoms with Gasteiger partial charge in [0, 0.05) is 12.2 Å². The van der Waals surface area contributed by atoms with Crippen LogP contribution in [0.1, 0.15) is 12.6 Å². The monoisotopic (exact) mass is 261 g/mol. The van der Waals surface area contributed by atoms with Crippen LogP contribution in [0.15, 0.2) is 18.3 Å². The van der Waals surface area contributed by atoms with Crippen molar-refractivity contribution in [3.05, 3.63) is 24.0 Å². The molecule has 2 rings (SSSR count). The second-order valence-corrected chi connectivity index (χ2v) is 3.70. The van der Waals surface area contributed by atoms with E-state index >= 15 is 0 Å². The molecule has 0 radical (unpaired) electrons. The van der Waals surface area contributed by atoms with Gasteiger partial charge in [0.15, 0.2) is 0 Å². The smallest absolute Gasteiger partial charge is 0.330 e. The minimum absolute atomic E-state index is 0.161. The summed E-state index contributed by atoms with van der Waals surface area (Å²) in [6.07, 6.45) is 1.61. The summed E-state index contributed by atoms with van der Waals surface area (Å²) in [5.74, 6) is 0.964. The van der Waals surface area contributed by atoms with E-state index in [1.807, 2.05) is 19.9 Å². The van der Waals surface area contributed by atoms with Crippen molar-refractivity contribution in [3.63, 3.8) is 0 Å². The van der Waals surface area contributed by atoms with Gasteiger partial charge in [0.2, 0.25) is 5.95 Å². The molecule has 7 nitrogen and oxygen atoms in total. The molecule has 0 aliphatic rings. The third kappa shape index (κ3) is 3.51. The summed E-state index contributed by atoms with van der Waals surface area (Å²) < 4.78 is 10.5. The molecular weight excluding hydrogens is 246 g/mol. The summed E-state index contributed by atoms with van der Waals surface area (Å²) >= 11 is 0. The summed E-state index contributed by atoms with van der Waals surface area (Å²) in [4.78, 5) is 16.3. The number of hydrogen-bond donors (Lipinski definition) is 1. The van der Waals surface area contributed by atoms with Crippen LogP contribution in [0.25, 0.3) is 0 Å². The third-order valence-electron chi connectivity index (χ3n) is 2.21. The Morgan fingerprint density at radius 3 is 2.58 bits per heavy atom. The Labute approximate surface area is 111 Å². The molecular formula is C12H15N5O2. The van der Waals surface area contributed by atoms with Crippen molar-refractivity contribution in [2.45, 2.75) is 13.8 Å². The van der Waals surface area contributed by atoms with Crippen LogP contribution in [-0.4, -0.2) is 33.6 Å². The number of anilines is 1. The molecule has 0 saturated carbocycles. The first-order chi connectivity index (χ1) is 9.21. The molecule has 0 saturated heterocycles. The molecule has 0 aromatic carbocycles. The third-order valence-corrected chi connectivity index (χ3v) is 2.21. The number of pyridine rings is 1. The quantitative estimate of drug-likeness (QED) is 0.878. The highest BCUT2D eigenvalue weighted by molar-refractivity contribution is 5.29. The molecule has 0 fully saturated rings. The fourth-order valence-corrected chi connectivity index (χ4v) is 1.33. The zero-order chi connectivity index (χ0) is 13.7. The van der Waals surface area contributed by atoms with Crippen LogP contribution in [0.3, 0.4) is 0 Å². The molecule has 2 heterocycles. The molecule has 7 heteroatoms. The van der Waals surface area contributed by atoms with Gasteiger partial charge in [0.1, 0.15) is 5.75 Å². The summed E-state index contributed by atoms with van der Waals surface area (Å²) in [5, 5.41) is 2.98. The average Bonchev–Trinajstić information content (AvgIpc) is 2.41. The molecule has 19 heavy (non-hydrogen) atoms. The molecule has 0 aliphatic carbocycles. The van der Waals surface area contributed by atoms with Gasteiger partial charge in [-0.15, -0.1) is 4.98 Å². The first kappa shape index (κ1) is 13.0. The van der Waals surface area contributed by atoms with Gasteiger partial charge in [0.25, 0.3) is 0 Å². The minimum atomic E-state index is 0.161. The molecule has 1 N–H and O–H groups in total. The van der Waals surface area contributed by atoms with E-state index in [0.717, 1.165) is 5.69 Å². The average molecular weight is 261 g/mol. The molecule has 0 aliphatic heterocycles. The lowest BCUT2D eigenvalue weighted by Crippen LogP contribution is -2.06. The zero-order valence-electron chi connectivity index (χ0n) is 11.0. The van der Waals surface area contributed by atoms with E-state index in [-0.39, 0.29) is 12.0 Å². The lowest BCUT2D eigenvalue weighted by atomic mass is 10.4. The van der Waals surface area contributed by atoms with E-state index in [1.165, 1.54) is 7.11 Å². The van der Waals surface area contributed by atoms with Crippen molar-refractivity contribution < 1.29 is 9.47 Å². The van der Waals surface area contributed by atoms with Crippen molar-refractivity contribution in [1.82, 2.24) is 19.9 Å². The van der Waals surface area contributed by atoms with Crippen molar-refractivity contribution in [1.29, 1.82) is 0 Å². The van der Waals surface area contributed by atoms with Crippen LogP contribution < -0.4 is 14.8 Å². The minimum Gasteiger partial charge on any atom is -0.467 e. The Hall–Kier alpha value is -2.44. The molecule has 0 spiro atoms. The Morgan fingerprint density at radius 1 is 1.16 bits per heavy atom. The van der Waals surface area contributed by atoms with Crippen molar-refractivity contribution in [3.8, 4) is 17.8 Å². The maximum Gasteiger partial charge on any atom is 0.330 e. The predicted octanol–water partition coefficient (Wildman–Crippen LogP) is 1.81. The van der Waals surface area contributed by atoms with E-state index in [0.29, 0.717) is 18.2 Å². The van der Waals surface area contributed by atoms with Crippen molar-refractivity contribution >= 4 is 5.95 Å². The van der Waals surface area contributed by atoms with Gasteiger partial charge < -0.3 is 14.8 Å². The topological polar surface area (TPSA) is 82.1 Å². The fraction of sp³-hybridized carbons (Fsp3) is 0.333. The molecule has 100 valence electrons. The summed E-state index contributed by atoms with van der Waals surface area (Å²) in [7, 11) is 1.49. The Bertz CT molecular complexity index is 544. The number of nitrogens with one attached hydrogen (secondary N) is 1. The number of nitrogens with zero attached hydrogens (tertiary/aromatic N) is 4. The SMILES string of the molecule is CCNc1nc(OC)nc(Oc2ccc(C)nc2)n1. The van der Waals surface area contributed by atoms with Gasteiger partial charge in [-0.25, -0.2) is 0 Å². The van der Waals surface area contributed by atoms with Gasteiger partial charge in [-0.2, -0.15) is 9.97 Å². The number of ether oxygens (including phenoxy) is 2. The van der Waals surface area contributed by atoms with Crippen molar-refractivity contribution in [2.75, 3.05) is 19.0 Å². The lowest BCUT2D eigenvalue weighted by molar-refractivity contribution is 0.360. The number of aromatic nitrogens is 4. The maximum absolute atomic E-state index is 5.52. The fourth-order valence-electron chi connectivity index (χ4n) is 1.33.